The monoisotopic (exact) mass is 348 g/mol. The Labute approximate surface area is 146 Å². The number of anilines is 1. The number of nitrogens with zero attached hydrogens (tertiary/aromatic N) is 1. The predicted molar refractivity (Wildman–Crippen MR) is 93.0 cm³/mol. The quantitative estimate of drug-likeness (QED) is 0.841. The van der Waals surface area contributed by atoms with Crippen molar-refractivity contribution < 1.29 is 18.6 Å². The number of aromatic hydroxyl groups is 1. The average molecular weight is 348 g/mol. The van der Waals surface area contributed by atoms with E-state index in [1.54, 1.807) is 18.2 Å². The lowest BCUT2D eigenvalue weighted by Gasteiger charge is -2.19. The van der Waals surface area contributed by atoms with E-state index in [1.807, 2.05) is 6.07 Å². The third-order valence-electron chi connectivity index (χ3n) is 4.56. The first-order valence-corrected chi connectivity index (χ1v) is 8.33. The lowest BCUT2D eigenvalue weighted by atomic mass is 10.1. The van der Waals surface area contributed by atoms with Crippen molar-refractivity contribution in [1.29, 1.82) is 0 Å². The van der Waals surface area contributed by atoms with Crippen molar-refractivity contribution in [1.82, 2.24) is 5.32 Å². The summed E-state index contributed by atoms with van der Waals surface area (Å²) < 4.78 is 31.4. The van der Waals surface area contributed by atoms with Gasteiger partial charge in [-0.05, 0) is 42.2 Å². The molecule has 3 rings (SSSR count). The maximum absolute atomic E-state index is 13.4. The highest BCUT2D eigenvalue weighted by molar-refractivity contribution is 5.47. The van der Waals surface area contributed by atoms with Gasteiger partial charge in [0.05, 0.1) is 7.11 Å². The van der Waals surface area contributed by atoms with Crippen molar-refractivity contribution in [2.24, 2.45) is 5.92 Å². The SMILES string of the molecule is COc1ccc(CNCC2CCN(c3ccc(F)c(F)c3)C2)cc1O. The number of phenols is 1. The molecule has 0 spiro atoms. The van der Waals surface area contributed by atoms with Gasteiger partial charge in [-0.2, -0.15) is 0 Å². The number of nitrogens with one attached hydrogen (secondary N) is 1. The molecule has 6 heteroatoms. The minimum Gasteiger partial charge on any atom is -0.504 e. The van der Waals surface area contributed by atoms with Crippen LogP contribution in [0.1, 0.15) is 12.0 Å². The van der Waals surface area contributed by atoms with E-state index in [1.165, 1.54) is 19.2 Å². The van der Waals surface area contributed by atoms with Crippen LogP contribution in [-0.4, -0.2) is 31.9 Å². The zero-order valence-corrected chi connectivity index (χ0v) is 14.1. The number of methoxy groups -OCH3 is 1. The highest BCUT2D eigenvalue weighted by atomic mass is 19.2. The van der Waals surface area contributed by atoms with Gasteiger partial charge < -0.3 is 20.1 Å². The third kappa shape index (κ3) is 4.20. The smallest absolute Gasteiger partial charge is 0.160 e. The molecule has 1 unspecified atom stereocenters. The molecule has 1 aliphatic rings. The number of halogens is 2. The maximum atomic E-state index is 13.4. The second-order valence-corrected chi connectivity index (χ2v) is 6.34. The fourth-order valence-electron chi connectivity index (χ4n) is 3.18. The molecule has 4 nitrogen and oxygen atoms in total. The van der Waals surface area contributed by atoms with Crippen molar-refractivity contribution in [3.63, 3.8) is 0 Å². The summed E-state index contributed by atoms with van der Waals surface area (Å²) >= 11 is 0. The van der Waals surface area contributed by atoms with Crippen LogP contribution in [0.2, 0.25) is 0 Å². The van der Waals surface area contributed by atoms with E-state index >= 15 is 0 Å². The molecule has 25 heavy (non-hydrogen) atoms. The topological polar surface area (TPSA) is 44.7 Å². The number of ether oxygens (including phenoxy) is 1. The minimum absolute atomic E-state index is 0.132. The van der Waals surface area contributed by atoms with Crippen molar-refractivity contribution >= 4 is 5.69 Å². The molecule has 0 aliphatic carbocycles. The summed E-state index contributed by atoms with van der Waals surface area (Å²) in [6.45, 7) is 3.12. The maximum Gasteiger partial charge on any atom is 0.160 e. The van der Waals surface area contributed by atoms with E-state index in [0.29, 0.717) is 18.2 Å². The first kappa shape index (κ1) is 17.5. The van der Waals surface area contributed by atoms with E-state index in [0.717, 1.165) is 37.3 Å². The van der Waals surface area contributed by atoms with Gasteiger partial charge in [0.25, 0.3) is 0 Å². The van der Waals surface area contributed by atoms with Crippen molar-refractivity contribution in [3.05, 3.63) is 53.6 Å². The van der Waals surface area contributed by atoms with Crippen LogP contribution in [-0.2, 0) is 6.54 Å². The molecular formula is C19H22F2N2O2. The number of benzene rings is 2. The Morgan fingerprint density at radius 2 is 2.04 bits per heavy atom. The first-order chi connectivity index (χ1) is 12.1. The Morgan fingerprint density at radius 1 is 1.20 bits per heavy atom. The van der Waals surface area contributed by atoms with Gasteiger partial charge in [-0.15, -0.1) is 0 Å². The molecule has 0 aromatic heterocycles. The van der Waals surface area contributed by atoms with Gasteiger partial charge in [-0.1, -0.05) is 6.07 Å². The predicted octanol–water partition coefficient (Wildman–Crippen LogP) is 3.30. The summed E-state index contributed by atoms with van der Waals surface area (Å²) in [6, 6.07) is 9.39. The number of hydrogen-bond acceptors (Lipinski definition) is 4. The van der Waals surface area contributed by atoms with Crippen LogP contribution >= 0.6 is 0 Å². The zero-order chi connectivity index (χ0) is 17.8. The summed E-state index contributed by atoms with van der Waals surface area (Å²) in [5, 5.41) is 13.2. The molecule has 1 aliphatic heterocycles. The molecule has 2 aromatic carbocycles. The number of phenolic OH excluding ortho intramolecular Hbond substituents is 1. The van der Waals surface area contributed by atoms with Gasteiger partial charge in [0.15, 0.2) is 23.1 Å². The fourth-order valence-corrected chi connectivity index (χ4v) is 3.18. The Bertz CT molecular complexity index is 739. The second kappa shape index (κ2) is 7.70. The van der Waals surface area contributed by atoms with Crippen LogP contribution in [0.25, 0.3) is 0 Å². The summed E-state index contributed by atoms with van der Waals surface area (Å²) in [5.41, 5.74) is 1.70. The van der Waals surface area contributed by atoms with Crippen LogP contribution in [0, 0.1) is 17.6 Å². The van der Waals surface area contributed by atoms with Crippen LogP contribution in [0.15, 0.2) is 36.4 Å². The van der Waals surface area contributed by atoms with Crippen molar-refractivity contribution in [2.75, 3.05) is 31.6 Å². The summed E-state index contributed by atoms with van der Waals surface area (Å²) in [6.07, 6.45) is 1.000. The molecule has 1 heterocycles. The van der Waals surface area contributed by atoms with Crippen molar-refractivity contribution in [2.45, 2.75) is 13.0 Å². The van der Waals surface area contributed by atoms with E-state index < -0.39 is 11.6 Å². The van der Waals surface area contributed by atoms with E-state index in [9.17, 15) is 13.9 Å². The second-order valence-electron chi connectivity index (χ2n) is 6.34. The molecule has 2 N–H and O–H groups in total. The third-order valence-corrected chi connectivity index (χ3v) is 4.56. The Morgan fingerprint density at radius 3 is 2.76 bits per heavy atom. The lowest BCUT2D eigenvalue weighted by Crippen LogP contribution is -2.26. The van der Waals surface area contributed by atoms with Gasteiger partial charge in [-0.25, -0.2) is 8.78 Å². The van der Waals surface area contributed by atoms with Crippen LogP contribution < -0.4 is 15.0 Å². The molecule has 1 atom stereocenters. The Balaban J connectivity index is 1.48. The lowest BCUT2D eigenvalue weighted by molar-refractivity contribution is 0.373. The Kier molecular flexibility index (Phi) is 5.38. The van der Waals surface area contributed by atoms with Crippen LogP contribution in [0.3, 0.4) is 0 Å². The van der Waals surface area contributed by atoms with Gasteiger partial charge in [0.2, 0.25) is 0 Å². The summed E-state index contributed by atoms with van der Waals surface area (Å²) in [5.74, 6) is -0.587. The largest absolute Gasteiger partial charge is 0.504 e. The standard InChI is InChI=1S/C19H22F2N2O2/c1-25-19-5-2-13(8-18(19)24)10-22-11-14-6-7-23(12-14)15-3-4-16(20)17(21)9-15/h2-5,8-9,14,22,24H,6-7,10-12H2,1H3. The van der Waals surface area contributed by atoms with Crippen LogP contribution in [0.5, 0.6) is 11.5 Å². The molecule has 134 valence electrons. The van der Waals surface area contributed by atoms with Gasteiger partial charge in [0.1, 0.15) is 0 Å². The van der Waals surface area contributed by atoms with Crippen LogP contribution in [0.4, 0.5) is 14.5 Å². The highest BCUT2D eigenvalue weighted by Crippen LogP contribution is 2.27. The molecule has 1 fully saturated rings. The average Bonchev–Trinajstić information content (AvgIpc) is 3.06. The molecule has 0 saturated carbocycles. The molecular weight excluding hydrogens is 326 g/mol. The van der Waals surface area contributed by atoms with Gasteiger partial charge in [0, 0.05) is 37.9 Å². The normalized spacial score (nSPS) is 17.1. The van der Waals surface area contributed by atoms with E-state index in [4.69, 9.17) is 4.74 Å². The summed E-state index contributed by atoms with van der Waals surface area (Å²) in [4.78, 5) is 2.08. The van der Waals surface area contributed by atoms with Gasteiger partial charge >= 0.3 is 0 Å². The fraction of sp³-hybridized carbons (Fsp3) is 0.368. The molecule has 0 bridgehead atoms. The molecule has 1 saturated heterocycles. The first-order valence-electron chi connectivity index (χ1n) is 8.33. The Hall–Kier alpha value is -2.34. The zero-order valence-electron chi connectivity index (χ0n) is 14.1. The van der Waals surface area contributed by atoms with E-state index in [-0.39, 0.29) is 5.75 Å². The van der Waals surface area contributed by atoms with Crippen molar-refractivity contribution in [3.8, 4) is 11.5 Å². The summed E-state index contributed by atoms with van der Waals surface area (Å²) in [7, 11) is 1.52. The van der Waals surface area contributed by atoms with E-state index in [2.05, 4.69) is 10.2 Å². The molecule has 2 aromatic rings. The highest BCUT2D eigenvalue weighted by Gasteiger charge is 2.23. The number of rotatable bonds is 6. The number of hydrogen-bond donors (Lipinski definition) is 2. The molecule has 0 radical (unpaired) electrons. The minimum atomic E-state index is -0.816. The van der Waals surface area contributed by atoms with Gasteiger partial charge in [-0.3, -0.25) is 0 Å². The molecule has 0 amide bonds.